The molecule has 8 heteroatoms. The zero-order chi connectivity index (χ0) is 25.9. The monoisotopic (exact) mass is 513 g/mol. The number of nitrogens with one attached hydrogen (secondary N) is 1. The summed E-state index contributed by atoms with van der Waals surface area (Å²) in [6, 6.07) is 3.10. The Kier molecular flexibility index (Phi) is 4.69. The van der Waals surface area contributed by atoms with Gasteiger partial charge in [-0.2, -0.15) is 0 Å². The second-order valence-electron chi connectivity index (χ2n) is 12.1. The van der Waals surface area contributed by atoms with Gasteiger partial charge in [-0.1, -0.05) is 39.3 Å². The van der Waals surface area contributed by atoms with Gasteiger partial charge in [-0.15, -0.1) is 11.6 Å². The Morgan fingerprint density at radius 1 is 1.25 bits per heavy atom. The summed E-state index contributed by atoms with van der Waals surface area (Å²) in [6.45, 7) is 8.11. The molecule has 1 saturated heterocycles. The fourth-order valence-corrected chi connectivity index (χ4v) is 9.58. The third-order valence-electron chi connectivity index (χ3n) is 11.2. The molecular formula is C28H32ClNO6. The number of carbonyl (C=O) groups excluding carboxylic acids is 3. The summed E-state index contributed by atoms with van der Waals surface area (Å²) in [7, 11) is 0. The number of carbonyl (C=O) groups is 3. The summed E-state index contributed by atoms with van der Waals surface area (Å²) in [6.07, 6.45) is 8.07. The van der Waals surface area contributed by atoms with Crippen LogP contribution in [0.25, 0.3) is 0 Å². The van der Waals surface area contributed by atoms with Crippen molar-refractivity contribution in [3.05, 3.63) is 48.0 Å². The van der Waals surface area contributed by atoms with Crippen molar-refractivity contribution in [1.29, 1.82) is 0 Å². The minimum absolute atomic E-state index is 0.0186. The van der Waals surface area contributed by atoms with Crippen LogP contribution in [-0.4, -0.2) is 51.3 Å². The van der Waals surface area contributed by atoms with Gasteiger partial charge in [0.2, 0.25) is 5.76 Å². The molecular weight excluding hydrogens is 482 g/mol. The average Bonchev–Trinajstić information content (AvgIpc) is 3.14. The lowest BCUT2D eigenvalue weighted by Gasteiger charge is -2.64. The Morgan fingerprint density at radius 2 is 2.00 bits per heavy atom. The van der Waals surface area contributed by atoms with E-state index in [2.05, 4.69) is 19.2 Å². The molecule has 0 aromatic carbocycles. The molecule has 192 valence electrons. The Labute approximate surface area is 215 Å². The maximum Gasteiger partial charge on any atom is 0.375 e. The first kappa shape index (κ1) is 24.1. The van der Waals surface area contributed by atoms with E-state index in [0.717, 1.165) is 5.57 Å². The zero-order valence-corrected chi connectivity index (χ0v) is 21.8. The minimum atomic E-state index is -1.53. The van der Waals surface area contributed by atoms with Crippen LogP contribution in [-0.2, 0) is 14.3 Å². The number of furan rings is 1. The molecule has 0 bridgehead atoms. The van der Waals surface area contributed by atoms with Crippen LogP contribution in [0.3, 0.4) is 0 Å². The predicted molar refractivity (Wildman–Crippen MR) is 131 cm³/mol. The lowest BCUT2D eigenvalue weighted by molar-refractivity contribution is -0.180. The van der Waals surface area contributed by atoms with E-state index in [1.54, 1.807) is 18.2 Å². The van der Waals surface area contributed by atoms with E-state index in [0.29, 0.717) is 19.3 Å². The van der Waals surface area contributed by atoms with E-state index >= 15 is 0 Å². The third kappa shape index (κ3) is 2.29. The lowest BCUT2D eigenvalue weighted by atomic mass is 9.39. The van der Waals surface area contributed by atoms with Gasteiger partial charge in [0.15, 0.2) is 17.2 Å². The summed E-state index contributed by atoms with van der Waals surface area (Å²) in [5, 5.41) is 15.9. The maximum absolute atomic E-state index is 13.7. The van der Waals surface area contributed by atoms with E-state index in [-0.39, 0.29) is 35.5 Å². The van der Waals surface area contributed by atoms with Crippen molar-refractivity contribution in [3.8, 4) is 0 Å². The Bertz CT molecular complexity index is 1250. The molecule has 0 unspecified atom stereocenters. The standard InChI is InChI=1S/C28H32ClNO6/c1-16-13-27-24(3,28(16,21(33)15-29)36-22(34)19-6-5-11-35-19)14-20(32)25(4)23(2)9-8-18(31)12-17(23)7-10-26(25,27)30-27/h5-6,8-9,11-12,16,20,30,32H,7,10,13-15H2,1-4H3/t16-,20+,23+,24+,25-,26+,27+,28+/m1/s1. The molecule has 1 aromatic rings. The highest BCUT2D eigenvalue weighted by molar-refractivity contribution is 6.29. The average molecular weight is 514 g/mol. The van der Waals surface area contributed by atoms with Gasteiger partial charge in [-0.3, -0.25) is 9.59 Å². The van der Waals surface area contributed by atoms with Gasteiger partial charge in [0, 0.05) is 33.2 Å². The molecule has 7 nitrogen and oxygen atoms in total. The number of allylic oxidation sites excluding steroid dienone is 4. The largest absolute Gasteiger partial charge is 0.457 e. The van der Waals surface area contributed by atoms with Crippen LogP contribution >= 0.6 is 11.6 Å². The van der Waals surface area contributed by atoms with E-state index in [1.165, 1.54) is 12.3 Å². The molecule has 4 aliphatic carbocycles. The van der Waals surface area contributed by atoms with Crippen LogP contribution in [0.4, 0.5) is 0 Å². The van der Waals surface area contributed by atoms with Crippen LogP contribution in [0.5, 0.6) is 0 Å². The van der Waals surface area contributed by atoms with Gasteiger partial charge in [-0.05, 0) is 50.0 Å². The highest BCUT2D eigenvalue weighted by Crippen LogP contribution is 2.82. The van der Waals surface area contributed by atoms with Crippen molar-refractivity contribution in [2.24, 2.45) is 22.2 Å². The second kappa shape index (κ2) is 7.00. The minimum Gasteiger partial charge on any atom is -0.457 e. The summed E-state index contributed by atoms with van der Waals surface area (Å²) in [5.74, 6) is -1.73. The molecule has 36 heavy (non-hydrogen) atoms. The molecule has 5 aliphatic rings. The number of Topliss-reactive ketones (excluding diaryl/α,β-unsaturated/α-hetero) is 1. The van der Waals surface area contributed by atoms with Gasteiger partial charge in [0.1, 0.15) is 0 Å². The molecule has 3 saturated carbocycles. The molecule has 1 aromatic heterocycles. The SMILES string of the molecule is C[C@@H]1C[C@@]23N[C@]24CCC2=CC(=O)C=C[C@]2(C)[C@@]4(C)[C@@H](O)C[C@]3(C)[C@@]1(OC(=O)c1ccco1)C(=O)CCl. The van der Waals surface area contributed by atoms with E-state index in [9.17, 15) is 19.5 Å². The lowest BCUT2D eigenvalue weighted by Crippen LogP contribution is -2.71. The number of hydrogen-bond donors (Lipinski definition) is 2. The number of hydrogen-bond acceptors (Lipinski definition) is 7. The summed E-state index contributed by atoms with van der Waals surface area (Å²) in [4.78, 5) is 39.2. The number of esters is 1. The summed E-state index contributed by atoms with van der Waals surface area (Å²) < 4.78 is 11.5. The van der Waals surface area contributed by atoms with Gasteiger partial charge in [-0.25, -0.2) is 4.79 Å². The number of halogens is 1. The first-order chi connectivity index (χ1) is 16.9. The van der Waals surface area contributed by atoms with Crippen LogP contribution in [0.1, 0.15) is 63.9 Å². The van der Waals surface area contributed by atoms with Crippen LogP contribution in [0, 0.1) is 22.2 Å². The van der Waals surface area contributed by atoms with Crippen molar-refractivity contribution < 1.29 is 28.6 Å². The number of fused-ring (bicyclic) bond motifs is 2. The number of alkyl halides is 1. The van der Waals surface area contributed by atoms with Crippen molar-refractivity contribution in [1.82, 2.24) is 5.32 Å². The van der Waals surface area contributed by atoms with Gasteiger partial charge in [0.05, 0.1) is 18.2 Å². The maximum atomic E-state index is 13.7. The molecule has 2 heterocycles. The Balaban J connectivity index is 1.51. The molecule has 1 aliphatic heterocycles. The topological polar surface area (TPSA) is 116 Å². The van der Waals surface area contributed by atoms with Crippen molar-refractivity contribution in [3.63, 3.8) is 0 Å². The van der Waals surface area contributed by atoms with Crippen molar-refractivity contribution >= 4 is 29.1 Å². The highest BCUT2D eigenvalue weighted by atomic mass is 35.5. The van der Waals surface area contributed by atoms with E-state index < -0.39 is 45.0 Å². The Morgan fingerprint density at radius 3 is 2.67 bits per heavy atom. The molecule has 0 radical (unpaired) electrons. The number of aliphatic hydroxyl groups excluding tert-OH is 1. The number of ketones is 2. The fourth-order valence-electron chi connectivity index (χ4n) is 9.38. The predicted octanol–water partition coefficient (Wildman–Crippen LogP) is 3.75. The second-order valence-corrected chi connectivity index (χ2v) is 12.3. The van der Waals surface area contributed by atoms with E-state index in [4.69, 9.17) is 20.8 Å². The van der Waals surface area contributed by atoms with Crippen molar-refractivity contribution in [2.45, 2.75) is 76.2 Å². The Hall–Kier alpha value is -2.22. The third-order valence-corrected chi connectivity index (χ3v) is 11.5. The van der Waals surface area contributed by atoms with Crippen LogP contribution in [0.2, 0.25) is 0 Å². The zero-order valence-electron chi connectivity index (χ0n) is 21.0. The molecule has 0 amide bonds. The smallest absolute Gasteiger partial charge is 0.375 e. The number of aliphatic hydroxyl groups is 1. The first-order valence-electron chi connectivity index (χ1n) is 12.7. The fraction of sp³-hybridized carbons (Fsp3) is 0.607. The molecule has 4 fully saturated rings. The highest BCUT2D eigenvalue weighted by Gasteiger charge is 2.93. The van der Waals surface area contributed by atoms with Crippen LogP contribution in [0.15, 0.2) is 46.6 Å². The van der Waals surface area contributed by atoms with E-state index in [1.807, 2.05) is 19.9 Å². The summed E-state index contributed by atoms with van der Waals surface area (Å²) in [5.41, 5.74) is -3.66. The molecule has 8 atom stereocenters. The normalized spacial score (nSPS) is 48.3. The number of rotatable bonds is 4. The van der Waals surface area contributed by atoms with Crippen LogP contribution < -0.4 is 5.32 Å². The van der Waals surface area contributed by atoms with Gasteiger partial charge < -0.3 is 19.6 Å². The summed E-state index contributed by atoms with van der Waals surface area (Å²) >= 11 is 6.18. The van der Waals surface area contributed by atoms with Crippen molar-refractivity contribution in [2.75, 3.05) is 5.88 Å². The van der Waals surface area contributed by atoms with Gasteiger partial charge in [0.25, 0.3) is 0 Å². The first-order valence-corrected chi connectivity index (χ1v) is 13.2. The number of ether oxygens (including phenoxy) is 1. The van der Waals surface area contributed by atoms with Gasteiger partial charge >= 0.3 is 5.97 Å². The molecule has 2 N–H and O–H groups in total. The molecule has 6 rings (SSSR count). The molecule has 2 spiro atoms. The quantitative estimate of drug-likeness (QED) is 0.358.